The zero-order valence-corrected chi connectivity index (χ0v) is 12.2. The lowest BCUT2D eigenvalue weighted by atomic mass is 10.1. The highest BCUT2D eigenvalue weighted by Gasteiger charge is 2.13. The molecular weight excluding hydrogens is 282 g/mol. The molecule has 4 heteroatoms. The number of aliphatic hydroxyl groups excluding tert-OH is 1. The van der Waals surface area contributed by atoms with Gasteiger partial charge in [-0.2, -0.15) is 0 Å². The van der Waals surface area contributed by atoms with Crippen LogP contribution in [0.5, 0.6) is 0 Å². The lowest BCUT2D eigenvalue weighted by Crippen LogP contribution is -2.36. The van der Waals surface area contributed by atoms with Crippen LogP contribution >= 0.6 is 15.9 Å². The Bertz CT molecular complexity index is 357. The first-order valence-electron chi connectivity index (χ1n) is 5.78. The molecule has 3 nitrogen and oxygen atoms in total. The number of hydrogen-bond acceptors (Lipinski definition) is 3. The Morgan fingerprint density at radius 3 is 2.65 bits per heavy atom. The van der Waals surface area contributed by atoms with E-state index in [1.165, 1.54) is 0 Å². The molecule has 0 saturated heterocycles. The standard InChI is InChI=1S/C13H20BrNO2/c1-4-15(10(2)9-17-3)12-6-5-11(8-16)13(14)7-12/h5-7,10,16H,4,8-9H2,1-3H3. The first-order valence-corrected chi connectivity index (χ1v) is 6.58. The number of aliphatic hydroxyl groups is 1. The van der Waals surface area contributed by atoms with Gasteiger partial charge >= 0.3 is 0 Å². The summed E-state index contributed by atoms with van der Waals surface area (Å²) in [6, 6.07) is 6.35. The fourth-order valence-electron chi connectivity index (χ4n) is 1.92. The van der Waals surface area contributed by atoms with E-state index in [4.69, 9.17) is 9.84 Å². The number of rotatable bonds is 6. The molecule has 1 aromatic carbocycles. The summed E-state index contributed by atoms with van der Waals surface area (Å²) in [6.07, 6.45) is 0. The molecule has 0 radical (unpaired) electrons. The number of methoxy groups -OCH3 is 1. The normalized spacial score (nSPS) is 12.5. The minimum absolute atomic E-state index is 0.0562. The molecule has 1 unspecified atom stereocenters. The van der Waals surface area contributed by atoms with Crippen LogP contribution in [0.3, 0.4) is 0 Å². The van der Waals surface area contributed by atoms with Gasteiger partial charge in [0.25, 0.3) is 0 Å². The lowest BCUT2D eigenvalue weighted by Gasteiger charge is -2.30. The maximum absolute atomic E-state index is 9.13. The quantitative estimate of drug-likeness (QED) is 0.877. The maximum atomic E-state index is 9.13. The van der Waals surface area contributed by atoms with Crippen molar-refractivity contribution in [1.29, 1.82) is 0 Å². The predicted molar refractivity (Wildman–Crippen MR) is 74.4 cm³/mol. The number of likely N-dealkylation sites (N-methyl/N-ethyl adjacent to an activating group) is 1. The largest absolute Gasteiger partial charge is 0.392 e. The molecular formula is C13H20BrNO2. The Labute approximate surface area is 112 Å². The molecule has 1 aromatic rings. The predicted octanol–water partition coefficient (Wildman–Crippen LogP) is 2.80. The van der Waals surface area contributed by atoms with Crippen LogP contribution < -0.4 is 4.90 Å². The summed E-state index contributed by atoms with van der Waals surface area (Å²) in [5.41, 5.74) is 2.05. The Morgan fingerprint density at radius 2 is 2.18 bits per heavy atom. The third-order valence-corrected chi connectivity index (χ3v) is 3.56. The summed E-state index contributed by atoms with van der Waals surface area (Å²) in [4.78, 5) is 2.27. The average molecular weight is 302 g/mol. The SMILES string of the molecule is CCN(c1ccc(CO)c(Br)c1)C(C)COC. The van der Waals surface area contributed by atoms with E-state index in [0.29, 0.717) is 12.6 Å². The van der Waals surface area contributed by atoms with E-state index >= 15 is 0 Å². The van der Waals surface area contributed by atoms with Crippen LogP contribution in [-0.2, 0) is 11.3 Å². The Morgan fingerprint density at radius 1 is 1.47 bits per heavy atom. The molecule has 0 spiro atoms. The van der Waals surface area contributed by atoms with Crippen LogP contribution in [0.1, 0.15) is 19.4 Å². The van der Waals surface area contributed by atoms with Gasteiger partial charge in [-0.3, -0.25) is 0 Å². The first-order chi connectivity index (χ1) is 8.13. The van der Waals surface area contributed by atoms with Crippen molar-refractivity contribution >= 4 is 21.6 Å². The van der Waals surface area contributed by atoms with Gasteiger partial charge in [-0.15, -0.1) is 0 Å². The van der Waals surface area contributed by atoms with Crippen molar-refractivity contribution in [3.8, 4) is 0 Å². The highest BCUT2D eigenvalue weighted by molar-refractivity contribution is 9.10. The molecule has 0 aromatic heterocycles. The smallest absolute Gasteiger partial charge is 0.0692 e. The molecule has 17 heavy (non-hydrogen) atoms. The van der Waals surface area contributed by atoms with Gasteiger partial charge in [0.2, 0.25) is 0 Å². The second kappa shape index (κ2) is 6.99. The molecule has 0 fully saturated rings. The van der Waals surface area contributed by atoms with Crippen molar-refractivity contribution in [3.05, 3.63) is 28.2 Å². The number of ether oxygens (including phenoxy) is 1. The molecule has 1 atom stereocenters. The number of nitrogens with zero attached hydrogens (tertiary/aromatic N) is 1. The Hall–Kier alpha value is -0.580. The fraction of sp³-hybridized carbons (Fsp3) is 0.538. The van der Waals surface area contributed by atoms with E-state index in [9.17, 15) is 0 Å². The first kappa shape index (κ1) is 14.5. The van der Waals surface area contributed by atoms with E-state index in [1.807, 2.05) is 18.2 Å². The molecule has 1 rings (SSSR count). The Balaban J connectivity index is 2.92. The highest BCUT2D eigenvalue weighted by atomic mass is 79.9. The monoisotopic (exact) mass is 301 g/mol. The topological polar surface area (TPSA) is 32.7 Å². The molecule has 0 saturated carbocycles. The summed E-state index contributed by atoms with van der Waals surface area (Å²) in [7, 11) is 1.72. The summed E-state index contributed by atoms with van der Waals surface area (Å²) in [5.74, 6) is 0. The molecule has 1 N–H and O–H groups in total. The number of halogens is 1. The summed E-state index contributed by atoms with van der Waals surface area (Å²) < 4.78 is 6.13. The number of hydrogen-bond donors (Lipinski definition) is 1. The van der Waals surface area contributed by atoms with Crippen molar-refractivity contribution < 1.29 is 9.84 Å². The van der Waals surface area contributed by atoms with Crippen molar-refractivity contribution in [2.75, 3.05) is 25.2 Å². The van der Waals surface area contributed by atoms with Gasteiger partial charge in [-0.1, -0.05) is 22.0 Å². The van der Waals surface area contributed by atoms with E-state index in [0.717, 1.165) is 22.3 Å². The third-order valence-electron chi connectivity index (χ3n) is 2.82. The molecule has 0 bridgehead atoms. The second-order valence-electron chi connectivity index (χ2n) is 4.02. The zero-order valence-electron chi connectivity index (χ0n) is 10.6. The van der Waals surface area contributed by atoms with Gasteiger partial charge in [0, 0.05) is 29.9 Å². The molecule has 96 valence electrons. The highest BCUT2D eigenvalue weighted by Crippen LogP contribution is 2.25. The summed E-state index contributed by atoms with van der Waals surface area (Å²) in [5, 5.41) is 9.13. The van der Waals surface area contributed by atoms with Gasteiger partial charge in [-0.05, 0) is 31.5 Å². The van der Waals surface area contributed by atoms with E-state index in [-0.39, 0.29) is 6.61 Å². The average Bonchev–Trinajstić information content (AvgIpc) is 2.30. The zero-order chi connectivity index (χ0) is 12.8. The lowest BCUT2D eigenvalue weighted by molar-refractivity contribution is 0.182. The van der Waals surface area contributed by atoms with E-state index in [2.05, 4.69) is 34.7 Å². The Kier molecular flexibility index (Phi) is 5.95. The minimum Gasteiger partial charge on any atom is -0.392 e. The van der Waals surface area contributed by atoms with E-state index < -0.39 is 0 Å². The van der Waals surface area contributed by atoms with Gasteiger partial charge in [0.15, 0.2) is 0 Å². The van der Waals surface area contributed by atoms with Crippen LogP contribution in [-0.4, -0.2) is 31.4 Å². The molecule has 0 aliphatic rings. The number of anilines is 1. The molecule has 0 aliphatic heterocycles. The third kappa shape index (κ3) is 3.69. The van der Waals surface area contributed by atoms with Crippen molar-refractivity contribution in [1.82, 2.24) is 0 Å². The number of benzene rings is 1. The van der Waals surface area contributed by atoms with Crippen LogP contribution in [0.2, 0.25) is 0 Å². The van der Waals surface area contributed by atoms with Crippen molar-refractivity contribution in [3.63, 3.8) is 0 Å². The maximum Gasteiger partial charge on any atom is 0.0692 e. The van der Waals surface area contributed by atoms with Crippen LogP contribution in [0.25, 0.3) is 0 Å². The molecule has 0 aliphatic carbocycles. The molecule has 0 amide bonds. The van der Waals surface area contributed by atoms with Crippen molar-refractivity contribution in [2.24, 2.45) is 0 Å². The van der Waals surface area contributed by atoms with E-state index in [1.54, 1.807) is 7.11 Å². The van der Waals surface area contributed by atoms with Crippen molar-refractivity contribution in [2.45, 2.75) is 26.5 Å². The van der Waals surface area contributed by atoms with Crippen LogP contribution in [0.4, 0.5) is 5.69 Å². The second-order valence-corrected chi connectivity index (χ2v) is 4.88. The van der Waals surface area contributed by atoms with Crippen LogP contribution in [0, 0.1) is 0 Å². The van der Waals surface area contributed by atoms with Gasteiger partial charge < -0.3 is 14.7 Å². The summed E-state index contributed by atoms with van der Waals surface area (Å²) >= 11 is 3.47. The minimum atomic E-state index is 0.0562. The van der Waals surface area contributed by atoms with Gasteiger partial charge in [0.1, 0.15) is 0 Å². The summed E-state index contributed by atoms with van der Waals surface area (Å²) in [6.45, 7) is 5.95. The van der Waals surface area contributed by atoms with Gasteiger partial charge in [0.05, 0.1) is 13.2 Å². The van der Waals surface area contributed by atoms with Crippen LogP contribution in [0.15, 0.2) is 22.7 Å². The fourth-order valence-corrected chi connectivity index (χ4v) is 2.42. The van der Waals surface area contributed by atoms with Gasteiger partial charge in [-0.25, -0.2) is 0 Å². The molecule has 0 heterocycles.